The topological polar surface area (TPSA) is 104 Å². The van der Waals surface area contributed by atoms with Gasteiger partial charge in [0.2, 0.25) is 11.8 Å². The maximum absolute atomic E-state index is 12.1. The summed E-state index contributed by atoms with van der Waals surface area (Å²) in [6.45, 7) is 3.58. The van der Waals surface area contributed by atoms with Crippen molar-refractivity contribution in [2.24, 2.45) is 5.41 Å². The highest BCUT2D eigenvalue weighted by Gasteiger charge is 2.56. The first-order chi connectivity index (χ1) is 10.3. The summed E-state index contributed by atoms with van der Waals surface area (Å²) in [5, 5.41) is 11.5. The largest absolute Gasteiger partial charge is 0.481 e. The normalized spacial score (nSPS) is 30.0. The molecule has 2 amide bonds. The maximum Gasteiger partial charge on any atom is 0.316 e. The number of nitrogens with one attached hydrogen (secondary N) is 1. The van der Waals surface area contributed by atoms with Gasteiger partial charge in [0.25, 0.3) is 0 Å². The number of halogens is 1. The number of ketones is 1. The van der Waals surface area contributed by atoms with E-state index in [9.17, 15) is 24.3 Å². The maximum atomic E-state index is 12.1. The number of β-lactam (4-membered cyclic amide) rings is 1. The van der Waals surface area contributed by atoms with Crippen LogP contribution in [0.2, 0.25) is 0 Å². The first kappa shape index (κ1) is 16.8. The molecule has 0 saturated carbocycles. The Morgan fingerprint density at radius 1 is 1.55 bits per heavy atom. The van der Waals surface area contributed by atoms with Crippen molar-refractivity contribution in [1.82, 2.24) is 10.2 Å². The van der Waals surface area contributed by atoms with Crippen molar-refractivity contribution in [3.05, 3.63) is 12.7 Å². The van der Waals surface area contributed by atoms with Gasteiger partial charge < -0.3 is 15.3 Å². The first-order valence-electron chi connectivity index (χ1n) is 6.51. The monoisotopic (exact) mass is 346 g/mol. The second-order valence-corrected chi connectivity index (χ2v) is 6.60. The smallest absolute Gasteiger partial charge is 0.316 e. The van der Waals surface area contributed by atoms with Gasteiger partial charge in [-0.05, 0) is 0 Å². The number of carboxylic acids is 1. The summed E-state index contributed by atoms with van der Waals surface area (Å²) in [6, 6.07) is -0.725. The zero-order valence-electron chi connectivity index (χ0n) is 11.6. The molecule has 0 spiro atoms. The number of hydrogen-bond acceptors (Lipinski definition) is 5. The molecule has 2 aliphatic heterocycles. The molecule has 2 N–H and O–H groups in total. The summed E-state index contributed by atoms with van der Waals surface area (Å²) in [5.74, 6) is -2.33. The summed E-state index contributed by atoms with van der Waals surface area (Å²) in [6.07, 6.45) is 0.979. The van der Waals surface area contributed by atoms with Crippen LogP contribution in [0.4, 0.5) is 0 Å². The second kappa shape index (κ2) is 6.29. The van der Waals surface area contributed by atoms with E-state index in [4.69, 9.17) is 11.6 Å². The number of alkyl halides is 1. The van der Waals surface area contributed by atoms with Gasteiger partial charge in [-0.2, -0.15) is 0 Å². The Bertz CT molecular complexity index is 555. The van der Waals surface area contributed by atoms with Crippen molar-refractivity contribution in [3.8, 4) is 0 Å². The first-order valence-corrected chi connectivity index (χ1v) is 8.09. The van der Waals surface area contributed by atoms with E-state index in [-0.39, 0.29) is 35.9 Å². The summed E-state index contributed by atoms with van der Waals surface area (Å²) in [7, 11) is 0. The highest BCUT2D eigenvalue weighted by Crippen LogP contribution is 2.42. The van der Waals surface area contributed by atoms with Crippen LogP contribution >= 0.6 is 23.4 Å². The van der Waals surface area contributed by atoms with Crippen LogP contribution in [0.25, 0.3) is 0 Å². The zero-order valence-corrected chi connectivity index (χ0v) is 13.2. The lowest BCUT2D eigenvalue weighted by molar-refractivity contribution is -0.156. The number of fused-ring (bicyclic) bond motifs is 1. The fourth-order valence-corrected chi connectivity index (χ4v) is 4.02. The fourth-order valence-electron chi connectivity index (χ4n) is 2.39. The molecule has 7 nitrogen and oxygen atoms in total. The minimum absolute atomic E-state index is 0.0370. The molecule has 0 aliphatic carbocycles. The SMILES string of the molecule is C=CC1(C(=O)O)CS[C@@H]2C(NC(=O)CC(=O)CCl)C(=O)N2C1. The molecule has 22 heavy (non-hydrogen) atoms. The van der Waals surface area contributed by atoms with Crippen LogP contribution in [-0.2, 0) is 19.2 Å². The van der Waals surface area contributed by atoms with Crippen LogP contribution in [0.1, 0.15) is 6.42 Å². The van der Waals surface area contributed by atoms with Crippen molar-refractivity contribution in [1.29, 1.82) is 0 Å². The Morgan fingerprint density at radius 3 is 2.77 bits per heavy atom. The Labute approximate surface area is 136 Å². The number of carbonyl (C=O) groups excluding carboxylic acids is 3. The van der Waals surface area contributed by atoms with Crippen LogP contribution < -0.4 is 5.32 Å². The lowest BCUT2D eigenvalue weighted by Gasteiger charge is -2.53. The Balaban J connectivity index is 1.98. The minimum Gasteiger partial charge on any atom is -0.481 e. The van der Waals surface area contributed by atoms with Gasteiger partial charge in [0.05, 0.1) is 12.3 Å². The van der Waals surface area contributed by atoms with Crippen LogP contribution in [-0.4, -0.2) is 63.2 Å². The predicted molar refractivity (Wildman–Crippen MR) is 80.5 cm³/mol. The molecule has 0 aromatic carbocycles. The van der Waals surface area contributed by atoms with Gasteiger partial charge in [-0.3, -0.25) is 19.2 Å². The van der Waals surface area contributed by atoms with Gasteiger partial charge in [-0.15, -0.1) is 29.9 Å². The van der Waals surface area contributed by atoms with E-state index in [0.29, 0.717) is 0 Å². The Morgan fingerprint density at radius 2 is 2.23 bits per heavy atom. The number of Topliss-reactive ketones (excluding diaryl/α,β-unsaturated/α-hetero) is 1. The summed E-state index contributed by atoms with van der Waals surface area (Å²) in [5.41, 5.74) is -1.17. The van der Waals surface area contributed by atoms with Crippen LogP contribution in [0, 0.1) is 5.41 Å². The number of thioether (sulfide) groups is 1. The molecule has 2 rings (SSSR count). The second-order valence-electron chi connectivity index (χ2n) is 5.23. The van der Waals surface area contributed by atoms with Crippen molar-refractivity contribution in [2.45, 2.75) is 17.8 Å². The van der Waals surface area contributed by atoms with Crippen LogP contribution in [0.5, 0.6) is 0 Å². The standard InChI is InChI=1S/C13H15ClN2O5S/c1-2-13(12(20)21)5-16-10(19)9(11(16)22-6-13)15-8(18)3-7(17)4-14/h2,9,11H,1,3-6H2,(H,15,18)(H,20,21)/t9?,11-,13?/m1/s1. The summed E-state index contributed by atoms with van der Waals surface area (Å²) in [4.78, 5) is 47.6. The summed E-state index contributed by atoms with van der Waals surface area (Å²) >= 11 is 6.60. The van der Waals surface area contributed by atoms with Gasteiger partial charge in [-0.25, -0.2) is 0 Å². The lowest BCUT2D eigenvalue weighted by Crippen LogP contribution is -2.73. The molecule has 2 fully saturated rings. The molecule has 0 bridgehead atoms. The number of hydrogen-bond donors (Lipinski definition) is 2. The van der Waals surface area contributed by atoms with E-state index < -0.39 is 29.1 Å². The lowest BCUT2D eigenvalue weighted by atomic mass is 9.87. The third-order valence-corrected chi connectivity index (χ3v) is 5.59. The van der Waals surface area contributed by atoms with E-state index in [2.05, 4.69) is 11.9 Å². The van der Waals surface area contributed by atoms with Gasteiger partial charge in [-0.1, -0.05) is 6.08 Å². The minimum atomic E-state index is -1.17. The number of aliphatic carboxylic acids is 1. The molecule has 2 unspecified atom stereocenters. The average Bonchev–Trinajstić information content (AvgIpc) is 2.51. The molecule has 120 valence electrons. The van der Waals surface area contributed by atoms with Crippen molar-refractivity contribution < 1.29 is 24.3 Å². The Kier molecular flexibility index (Phi) is 4.81. The van der Waals surface area contributed by atoms with E-state index in [1.54, 1.807) is 0 Å². The highest BCUT2D eigenvalue weighted by atomic mass is 35.5. The van der Waals surface area contributed by atoms with E-state index in [1.165, 1.54) is 22.7 Å². The van der Waals surface area contributed by atoms with Crippen LogP contribution in [0.15, 0.2) is 12.7 Å². The van der Waals surface area contributed by atoms with Gasteiger partial charge in [0.1, 0.15) is 16.8 Å². The molecular weight excluding hydrogens is 332 g/mol. The quantitative estimate of drug-likeness (QED) is 0.300. The number of rotatable bonds is 6. The molecule has 0 aromatic heterocycles. The Hall–Kier alpha value is -1.54. The molecule has 2 aliphatic rings. The number of carbonyl (C=O) groups is 4. The summed E-state index contributed by atoms with van der Waals surface area (Å²) < 4.78 is 0. The van der Waals surface area contributed by atoms with E-state index in [0.717, 1.165) is 0 Å². The molecule has 9 heteroatoms. The van der Waals surface area contributed by atoms with Crippen molar-refractivity contribution >= 4 is 46.9 Å². The molecule has 2 saturated heterocycles. The van der Waals surface area contributed by atoms with Crippen molar-refractivity contribution in [2.75, 3.05) is 18.2 Å². The number of nitrogens with zero attached hydrogens (tertiary/aromatic N) is 1. The number of amides is 2. The van der Waals surface area contributed by atoms with E-state index in [1.807, 2.05) is 0 Å². The fraction of sp³-hybridized carbons (Fsp3) is 0.538. The number of carboxylic acid groups (broad SMARTS) is 1. The third kappa shape index (κ3) is 2.85. The zero-order chi connectivity index (χ0) is 16.5. The van der Waals surface area contributed by atoms with Gasteiger partial charge in [0.15, 0.2) is 5.78 Å². The van der Waals surface area contributed by atoms with E-state index >= 15 is 0 Å². The molecular formula is C13H15ClN2O5S. The molecule has 3 atom stereocenters. The predicted octanol–water partition coefficient (Wildman–Crippen LogP) is -0.159. The van der Waals surface area contributed by atoms with Crippen LogP contribution in [0.3, 0.4) is 0 Å². The van der Waals surface area contributed by atoms with Crippen molar-refractivity contribution in [3.63, 3.8) is 0 Å². The molecule has 2 heterocycles. The van der Waals surface area contributed by atoms with Gasteiger partial charge in [0, 0.05) is 12.3 Å². The van der Waals surface area contributed by atoms with Gasteiger partial charge >= 0.3 is 5.97 Å². The molecule has 0 aromatic rings. The average molecular weight is 347 g/mol. The molecule has 0 radical (unpaired) electrons. The highest BCUT2D eigenvalue weighted by molar-refractivity contribution is 8.00. The third-order valence-electron chi connectivity index (χ3n) is 3.75.